The van der Waals surface area contributed by atoms with E-state index in [1.54, 1.807) is 7.11 Å². The van der Waals surface area contributed by atoms with E-state index >= 15 is 0 Å². The Balaban J connectivity index is 2.53. The van der Waals surface area contributed by atoms with Gasteiger partial charge in [-0.2, -0.15) is 0 Å². The molecule has 0 bridgehead atoms. The van der Waals surface area contributed by atoms with Gasteiger partial charge in [-0.25, -0.2) is 0 Å². The molecule has 0 saturated heterocycles. The summed E-state index contributed by atoms with van der Waals surface area (Å²) in [5.74, 6) is 0.655. The van der Waals surface area contributed by atoms with E-state index in [0.717, 1.165) is 23.4 Å². The largest absolute Gasteiger partial charge is 0.496 e. The summed E-state index contributed by atoms with van der Waals surface area (Å²) < 4.78 is 10.2. The van der Waals surface area contributed by atoms with Crippen LogP contribution in [0.4, 0.5) is 0 Å². The lowest BCUT2D eigenvalue weighted by Crippen LogP contribution is -2.22. The Morgan fingerprint density at radius 2 is 2.15 bits per heavy atom. The van der Waals surface area contributed by atoms with Crippen molar-refractivity contribution in [1.82, 2.24) is 4.90 Å². The quantitative estimate of drug-likeness (QED) is 0.732. The first kappa shape index (κ1) is 16.5. The number of hydrogen-bond donors (Lipinski definition) is 1. The number of carbonyl (C=O) groups excluding carboxylic acids is 1. The first-order valence-corrected chi connectivity index (χ1v) is 6.80. The van der Waals surface area contributed by atoms with Crippen molar-refractivity contribution in [3.05, 3.63) is 29.3 Å². The van der Waals surface area contributed by atoms with Crippen LogP contribution in [-0.2, 0) is 22.6 Å². The van der Waals surface area contributed by atoms with Crippen molar-refractivity contribution >= 4 is 5.97 Å². The van der Waals surface area contributed by atoms with Crippen LogP contribution in [-0.4, -0.2) is 38.2 Å². The van der Waals surface area contributed by atoms with E-state index in [9.17, 15) is 4.79 Å². The lowest BCUT2D eigenvalue weighted by molar-refractivity contribution is -0.143. The Morgan fingerprint density at radius 3 is 2.75 bits per heavy atom. The number of nitrogens with two attached hydrogens (primary N) is 1. The van der Waals surface area contributed by atoms with Gasteiger partial charge in [0.2, 0.25) is 0 Å². The summed E-state index contributed by atoms with van der Waals surface area (Å²) in [5.41, 5.74) is 7.84. The van der Waals surface area contributed by atoms with Crippen LogP contribution in [0.25, 0.3) is 0 Å². The minimum Gasteiger partial charge on any atom is -0.496 e. The molecule has 0 fully saturated rings. The average Bonchev–Trinajstić information content (AvgIpc) is 2.45. The van der Waals surface area contributed by atoms with Crippen molar-refractivity contribution in [2.24, 2.45) is 5.73 Å². The Hall–Kier alpha value is -1.59. The van der Waals surface area contributed by atoms with Crippen LogP contribution in [0.15, 0.2) is 18.2 Å². The van der Waals surface area contributed by atoms with Crippen molar-refractivity contribution in [2.75, 3.05) is 27.3 Å². The molecule has 112 valence electrons. The molecule has 0 heterocycles. The monoisotopic (exact) mass is 280 g/mol. The van der Waals surface area contributed by atoms with Crippen molar-refractivity contribution in [2.45, 2.75) is 26.4 Å². The van der Waals surface area contributed by atoms with Gasteiger partial charge < -0.3 is 20.1 Å². The molecule has 0 radical (unpaired) electrons. The van der Waals surface area contributed by atoms with Crippen LogP contribution in [0.2, 0.25) is 0 Å². The van der Waals surface area contributed by atoms with Crippen LogP contribution >= 0.6 is 0 Å². The molecular weight excluding hydrogens is 256 g/mol. The summed E-state index contributed by atoms with van der Waals surface area (Å²) in [6, 6.07) is 5.98. The molecular formula is C15H24N2O3. The Labute approximate surface area is 120 Å². The van der Waals surface area contributed by atoms with E-state index < -0.39 is 0 Å². The fourth-order valence-corrected chi connectivity index (χ4v) is 2.00. The van der Waals surface area contributed by atoms with Crippen LogP contribution < -0.4 is 10.5 Å². The van der Waals surface area contributed by atoms with Gasteiger partial charge in [0, 0.05) is 25.2 Å². The van der Waals surface area contributed by atoms with Gasteiger partial charge >= 0.3 is 5.97 Å². The standard InChI is InChI=1S/C15H24N2O3/c1-4-20-15(18)7-8-17(2)11-12-5-6-14(19-3)13(9-12)10-16/h5-6,9H,4,7-8,10-11,16H2,1-3H3. The summed E-state index contributed by atoms with van der Waals surface area (Å²) in [5, 5.41) is 0. The average molecular weight is 280 g/mol. The van der Waals surface area contributed by atoms with E-state index in [4.69, 9.17) is 15.2 Å². The summed E-state index contributed by atoms with van der Waals surface area (Å²) in [7, 11) is 3.62. The number of carbonyl (C=O) groups is 1. The second kappa shape index (κ2) is 8.55. The fourth-order valence-electron chi connectivity index (χ4n) is 2.00. The Kier molecular flexibility index (Phi) is 7.04. The minimum atomic E-state index is -0.156. The maximum atomic E-state index is 11.3. The third-order valence-electron chi connectivity index (χ3n) is 3.02. The summed E-state index contributed by atoms with van der Waals surface area (Å²) >= 11 is 0. The third-order valence-corrected chi connectivity index (χ3v) is 3.02. The molecule has 0 spiro atoms. The molecule has 0 amide bonds. The number of benzene rings is 1. The molecule has 1 aromatic carbocycles. The molecule has 0 aliphatic heterocycles. The topological polar surface area (TPSA) is 64.8 Å². The van der Waals surface area contributed by atoms with Crippen LogP contribution in [0, 0.1) is 0 Å². The van der Waals surface area contributed by atoms with Crippen molar-refractivity contribution in [1.29, 1.82) is 0 Å². The highest BCUT2D eigenvalue weighted by Crippen LogP contribution is 2.20. The Morgan fingerprint density at radius 1 is 1.40 bits per heavy atom. The van der Waals surface area contributed by atoms with E-state index in [2.05, 4.69) is 4.90 Å². The zero-order valence-electron chi connectivity index (χ0n) is 12.5. The SMILES string of the molecule is CCOC(=O)CCN(C)Cc1ccc(OC)c(CN)c1. The van der Waals surface area contributed by atoms with Gasteiger partial charge in [-0.15, -0.1) is 0 Å². The molecule has 20 heavy (non-hydrogen) atoms. The minimum absolute atomic E-state index is 0.156. The summed E-state index contributed by atoms with van der Waals surface area (Å²) in [6.07, 6.45) is 0.407. The molecule has 0 aliphatic rings. The molecule has 1 rings (SSSR count). The predicted molar refractivity (Wildman–Crippen MR) is 78.5 cm³/mol. The second-order valence-electron chi connectivity index (χ2n) is 4.64. The second-order valence-corrected chi connectivity index (χ2v) is 4.64. The summed E-state index contributed by atoms with van der Waals surface area (Å²) in [4.78, 5) is 13.4. The molecule has 0 aliphatic carbocycles. The highest BCUT2D eigenvalue weighted by Gasteiger charge is 2.08. The van der Waals surface area contributed by atoms with E-state index in [1.165, 1.54) is 0 Å². The number of ether oxygens (including phenoxy) is 2. The third kappa shape index (κ3) is 5.19. The molecule has 0 saturated carbocycles. The smallest absolute Gasteiger partial charge is 0.307 e. The van der Waals surface area contributed by atoms with Crippen molar-refractivity contribution in [3.63, 3.8) is 0 Å². The number of nitrogens with zero attached hydrogens (tertiary/aromatic N) is 1. The first-order chi connectivity index (χ1) is 9.60. The first-order valence-electron chi connectivity index (χ1n) is 6.80. The normalized spacial score (nSPS) is 10.7. The van der Waals surface area contributed by atoms with Crippen molar-refractivity contribution < 1.29 is 14.3 Å². The van der Waals surface area contributed by atoms with E-state index in [-0.39, 0.29) is 5.97 Å². The maximum Gasteiger partial charge on any atom is 0.307 e. The van der Waals surface area contributed by atoms with Crippen LogP contribution in [0.1, 0.15) is 24.5 Å². The van der Waals surface area contributed by atoms with Crippen LogP contribution in [0.3, 0.4) is 0 Å². The molecule has 0 atom stereocenters. The van der Waals surface area contributed by atoms with E-state index in [1.807, 2.05) is 32.2 Å². The molecule has 0 aromatic heterocycles. The maximum absolute atomic E-state index is 11.3. The fraction of sp³-hybridized carbons (Fsp3) is 0.533. The predicted octanol–water partition coefficient (Wildman–Crippen LogP) is 1.54. The van der Waals surface area contributed by atoms with Gasteiger partial charge in [0.25, 0.3) is 0 Å². The number of hydrogen-bond acceptors (Lipinski definition) is 5. The van der Waals surface area contributed by atoms with Gasteiger partial charge in [0.05, 0.1) is 20.1 Å². The molecule has 5 heteroatoms. The van der Waals surface area contributed by atoms with Gasteiger partial charge in [0.1, 0.15) is 5.75 Å². The number of methoxy groups -OCH3 is 1. The molecule has 2 N–H and O–H groups in total. The molecule has 1 aromatic rings. The van der Waals surface area contributed by atoms with Crippen molar-refractivity contribution in [3.8, 4) is 5.75 Å². The van der Waals surface area contributed by atoms with Gasteiger partial charge in [-0.05, 0) is 31.7 Å². The number of esters is 1. The Bertz CT molecular complexity index is 435. The van der Waals surface area contributed by atoms with Gasteiger partial charge in [-0.1, -0.05) is 6.07 Å². The van der Waals surface area contributed by atoms with E-state index in [0.29, 0.717) is 26.1 Å². The number of rotatable bonds is 8. The highest BCUT2D eigenvalue weighted by atomic mass is 16.5. The molecule has 0 unspecified atom stereocenters. The lowest BCUT2D eigenvalue weighted by atomic mass is 10.1. The summed E-state index contributed by atoms with van der Waals surface area (Å²) in [6.45, 7) is 4.12. The zero-order valence-corrected chi connectivity index (χ0v) is 12.5. The van der Waals surface area contributed by atoms with Crippen LogP contribution in [0.5, 0.6) is 5.75 Å². The van der Waals surface area contributed by atoms with Gasteiger partial charge in [0.15, 0.2) is 0 Å². The van der Waals surface area contributed by atoms with Gasteiger partial charge in [-0.3, -0.25) is 4.79 Å². The highest BCUT2D eigenvalue weighted by molar-refractivity contribution is 5.69. The lowest BCUT2D eigenvalue weighted by Gasteiger charge is -2.17. The molecule has 5 nitrogen and oxygen atoms in total. The zero-order chi connectivity index (χ0) is 15.0.